The Morgan fingerprint density at radius 1 is 1.74 bits per heavy atom. The predicted octanol–water partition coefficient (Wildman–Crippen LogP) is 1.89. The van der Waals surface area contributed by atoms with Crippen molar-refractivity contribution in [3.05, 3.63) is 16.1 Å². The summed E-state index contributed by atoms with van der Waals surface area (Å²) >= 11 is 1.41. The van der Waals surface area contributed by atoms with Gasteiger partial charge in [-0.15, -0.1) is 11.3 Å². The van der Waals surface area contributed by atoms with E-state index < -0.39 is 0 Å². The van der Waals surface area contributed by atoms with Crippen molar-refractivity contribution in [3.8, 4) is 0 Å². The number of carbonyl (C=O) groups excluding carboxylic acids is 1. The Bertz CT molecular complexity index is 416. The van der Waals surface area contributed by atoms with E-state index in [1.54, 1.807) is 6.20 Å². The summed E-state index contributed by atoms with van der Waals surface area (Å²) in [6.45, 7) is 2.88. The van der Waals surface area contributed by atoms with Crippen LogP contribution < -0.4 is 5.32 Å². The third kappa shape index (κ3) is 3.99. The lowest BCUT2D eigenvalue weighted by atomic mass is 10.2. The molecule has 2 heterocycles. The molecule has 1 aromatic heterocycles. The molecule has 106 valence electrons. The number of hydrogen-bond acceptors (Lipinski definition) is 5. The van der Waals surface area contributed by atoms with E-state index in [0.29, 0.717) is 11.3 Å². The van der Waals surface area contributed by atoms with Crippen LogP contribution in [0.1, 0.15) is 53.4 Å². The number of thiazole rings is 1. The number of rotatable bonds is 6. The zero-order valence-electron chi connectivity index (χ0n) is 11.1. The zero-order chi connectivity index (χ0) is 13.7. The van der Waals surface area contributed by atoms with E-state index in [1.165, 1.54) is 11.3 Å². The van der Waals surface area contributed by atoms with Gasteiger partial charge in [-0.3, -0.25) is 4.79 Å². The van der Waals surface area contributed by atoms with E-state index in [1.807, 2.05) is 6.92 Å². The molecule has 1 saturated heterocycles. The highest BCUT2D eigenvalue weighted by atomic mass is 32.1. The van der Waals surface area contributed by atoms with Crippen molar-refractivity contribution >= 4 is 17.2 Å². The Morgan fingerprint density at radius 3 is 3.26 bits per heavy atom. The van der Waals surface area contributed by atoms with Crippen molar-refractivity contribution in [3.63, 3.8) is 0 Å². The number of aromatic nitrogens is 1. The van der Waals surface area contributed by atoms with Gasteiger partial charge in [0.15, 0.2) is 0 Å². The average molecular weight is 284 g/mol. The number of amides is 1. The van der Waals surface area contributed by atoms with Crippen LogP contribution >= 0.6 is 11.3 Å². The summed E-state index contributed by atoms with van der Waals surface area (Å²) < 4.78 is 5.55. The van der Waals surface area contributed by atoms with Gasteiger partial charge < -0.3 is 15.2 Å². The molecular weight excluding hydrogens is 264 g/mol. The minimum atomic E-state index is -0.0906. The molecule has 1 aliphatic rings. The Kier molecular flexibility index (Phi) is 5.30. The molecule has 19 heavy (non-hydrogen) atoms. The molecule has 1 aromatic rings. The van der Waals surface area contributed by atoms with Crippen molar-refractivity contribution in [2.24, 2.45) is 0 Å². The summed E-state index contributed by atoms with van der Waals surface area (Å²) in [7, 11) is 0. The summed E-state index contributed by atoms with van der Waals surface area (Å²) in [6, 6.07) is 0.0629. The Labute approximate surface area is 117 Å². The average Bonchev–Trinajstić information content (AvgIpc) is 3.05. The van der Waals surface area contributed by atoms with Crippen LogP contribution in [0.25, 0.3) is 0 Å². The number of nitrogens with zero attached hydrogens (tertiary/aromatic N) is 1. The molecule has 0 spiro atoms. The molecule has 2 unspecified atom stereocenters. The van der Waals surface area contributed by atoms with Crippen LogP contribution in [-0.2, 0) is 4.74 Å². The van der Waals surface area contributed by atoms with Crippen molar-refractivity contribution in [1.82, 2.24) is 10.3 Å². The number of aliphatic hydroxyl groups is 1. The van der Waals surface area contributed by atoms with E-state index in [0.717, 1.165) is 30.9 Å². The monoisotopic (exact) mass is 284 g/mol. The Balaban J connectivity index is 1.88. The number of carbonyl (C=O) groups is 1. The van der Waals surface area contributed by atoms with Gasteiger partial charge in [0.2, 0.25) is 0 Å². The SMILES string of the molecule is CC(CCCO)NC(=O)c1cnc(C2CCCO2)s1. The molecule has 2 rings (SSSR count). The number of aliphatic hydroxyl groups excluding tert-OH is 1. The third-order valence-electron chi connectivity index (χ3n) is 3.13. The minimum absolute atomic E-state index is 0.0629. The second-order valence-corrected chi connectivity index (χ2v) is 5.87. The quantitative estimate of drug-likeness (QED) is 0.836. The molecule has 0 aromatic carbocycles. The largest absolute Gasteiger partial charge is 0.396 e. The maximum Gasteiger partial charge on any atom is 0.263 e. The van der Waals surface area contributed by atoms with Crippen LogP contribution in [0.2, 0.25) is 0 Å². The van der Waals surface area contributed by atoms with Crippen molar-refractivity contribution in [2.75, 3.05) is 13.2 Å². The lowest BCUT2D eigenvalue weighted by Gasteiger charge is -2.11. The fraction of sp³-hybridized carbons (Fsp3) is 0.692. The molecular formula is C13H20N2O3S. The van der Waals surface area contributed by atoms with E-state index in [4.69, 9.17) is 9.84 Å². The lowest BCUT2D eigenvalue weighted by Crippen LogP contribution is -2.32. The van der Waals surface area contributed by atoms with E-state index in [-0.39, 0.29) is 24.7 Å². The number of nitrogens with one attached hydrogen (secondary N) is 1. The predicted molar refractivity (Wildman–Crippen MR) is 73.3 cm³/mol. The van der Waals surface area contributed by atoms with Gasteiger partial charge in [-0.2, -0.15) is 0 Å². The second-order valence-electron chi connectivity index (χ2n) is 4.80. The van der Waals surface area contributed by atoms with Crippen LogP contribution in [0.3, 0.4) is 0 Å². The van der Waals surface area contributed by atoms with Gasteiger partial charge in [0.05, 0.1) is 6.20 Å². The molecule has 1 aliphatic heterocycles. The standard InChI is InChI=1S/C13H20N2O3S/c1-9(4-2-6-16)15-12(17)11-8-14-13(19-11)10-5-3-7-18-10/h8-10,16H,2-7H2,1H3,(H,15,17). The van der Waals surface area contributed by atoms with Gasteiger partial charge in [-0.05, 0) is 32.6 Å². The first-order valence-corrected chi connectivity index (χ1v) is 7.51. The smallest absolute Gasteiger partial charge is 0.263 e. The number of ether oxygens (including phenoxy) is 1. The van der Waals surface area contributed by atoms with Gasteiger partial charge in [-0.25, -0.2) is 4.98 Å². The molecule has 2 atom stereocenters. The van der Waals surface area contributed by atoms with E-state index >= 15 is 0 Å². The molecule has 0 bridgehead atoms. The first-order chi connectivity index (χ1) is 9.20. The maximum absolute atomic E-state index is 12.0. The van der Waals surface area contributed by atoms with E-state index in [2.05, 4.69) is 10.3 Å². The summed E-state index contributed by atoms with van der Waals surface area (Å²) in [5.41, 5.74) is 0. The molecule has 0 aliphatic carbocycles. The van der Waals surface area contributed by atoms with Gasteiger partial charge in [0.1, 0.15) is 16.0 Å². The summed E-state index contributed by atoms with van der Waals surface area (Å²) in [5, 5.41) is 12.6. The normalized spacial score (nSPS) is 20.4. The van der Waals surface area contributed by atoms with Gasteiger partial charge in [0.25, 0.3) is 5.91 Å². The topological polar surface area (TPSA) is 71.5 Å². The molecule has 6 heteroatoms. The summed E-state index contributed by atoms with van der Waals surface area (Å²) in [5.74, 6) is -0.0906. The van der Waals surface area contributed by atoms with E-state index in [9.17, 15) is 4.79 Å². The Morgan fingerprint density at radius 2 is 2.58 bits per heavy atom. The molecule has 1 amide bonds. The minimum Gasteiger partial charge on any atom is -0.396 e. The van der Waals surface area contributed by atoms with Crippen LogP contribution in [0.15, 0.2) is 6.20 Å². The number of hydrogen-bond donors (Lipinski definition) is 2. The first-order valence-electron chi connectivity index (χ1n) is 6.69. The molecule has 0 saturated carbocycles. The van der Waals surface area contributed by atoms with Crippen molar-refractivity contribution in [2.45, 2.75) is 44.8 Å². The zero-order valence-corrected chi connectivity index (χ0v) is 11.9. The highest BCUT2D eigenvalue weighted by Gasteiger charge is 2.22. The van der Waals surface area contributed by atoms with Crippen molar-refractivity contribution < 1.29 is 14.6 Å². The maximum atomic E-state index is 12.0. The summed E-state index contributed by atoms with van der Waals surface area (Å²) in [6.07, 6.45) is 5.21. The van der Waals surface area contributed by atoms with Gasteiger partial charge in [-0.1, -0.05) is 0 Å². The van der Waals surface area contributed by atoms with Crippen LogP contribution in [0.4, 0.5) is 0 Å². The fourth-order valence-corrected chi connectivity index (χ4v) is 2.98. The fourth-order valence-electron chi connectivity index (χ4n) is 2.08. The van der Waals surface area contributed by atoms with Gasteiger partial charge in [0, 0.05) is 19.3 Å². The first kappa shape index (κ1) is 14.4. The third-order valence-corrected chi connectivity index (χ3v) is 4.21. The van der Waals surface area contributed by atoms with Crippen LogP contribution in [-0.4, -0.2) is 35.3 Å². The Hall–Kier alpha value is -0.980. The lowest BCUT2D eigenvalue weighted by molar-refractivity contribution is 0.0940. The van der Waals surface area contributed by atoms with Crippen LogP contribution in [0.5, 0.6) is 0 Å². The molecule has 1 fully saturated rings. The molecule has 5 nitrogen and oxygen atoms in total. The van der Waals surface area contributed by atoms with Crippen molar-refractivity contribution in [1.29, 1.82) is 0 Å². The highest BCUT2D eigenvalue weighted by Crippen LogP contribution is 2.31. The highest BCUT2D eigenvalue weighted by molar-refractivity contribution is 7.13. The molecule has 2 N–H and O–H groups in total. The van der Waals surface area contributed by atoms with Crippen LogP contribution in [0, 0.1) is 0 Å². The summed E-state index contributed by atoms with van der Waals surface area (Å²) in [4.78, 5) is 16.9. The molecule has 0 radical (unpaired) electrons. The second kappa shape index (κ2) is 6.98. The van der Waals surface area contributed by atoms with Gasteiger partial charge >= 0.3 is 0 Å².